The minimum atomic E-state index is -3.20. The summed E-state index contributed by atoms with van der Waals surface area (Å²) in [4.78, 5) is 5.71. The number of hydroxylamine groups is 1. The highest BCUT2D eigenvalue weighted by atomic mass is 32.2. The molecule has 0 aromatic heterocycles. The number of benzene rings is 1. The lowest BCUT2D eigenvalue weighted by Crippen LogP contribution is -2.62. The van der Waals surface area contributed by atoms with Gasteiger partial charge in [-0.05, 0) is 24.1 Å². The molecule has 3 rings (SSSR count). The van der Waals surface area contributed by atoms with E-state index in [-0.39, 0.29) is 24.5 Å². The van der Waals surface area contributed by atoms with Crippen LogP contribution < -0.4 is 21.4 Å². The van der Waals surface area contributed by atoms with Gasteiger partial charge in [0, 0.05) is 33.0 Å². The smallest absolute Gasteiger partial charge is 0.175 e. The van der Waals surface area contributed by atoms with Crippen molar-refractivity contribution in [3.8, 4) is 0 Å². The molecule has 2 saturated heterocycles. The average Bonchev–Trinajstić information content (AvgIpc) is 3.12. The maximum absolute atomic E-state index is 11.6. The molecule has 2 fully saturated rings. The molecule has 0 bridgehead atoms. The fourth-order valence-corrected chi connectivity index (χ4v) is 3.76. The first-order valence-corrected chi connectivity index (χ1v) is 10.3. The van der Waals surface area contributed by atoms with Gasteiger partial charge in [0.1, 0.15) is 6.23 Å². The molecule has 2 heterocycles. The Labute approximate surface area is 148 Å². The molecule has 4 unspecified atom stereocenters. The monoisotopic (exact) mass is 370 g/mol. The standard InChI is InChI=1S/C16H26N4O4S/c1-23-16-15(11-3-5-13(6-4-11)25(2,21)22)20-14(10-18-16)17-9-12-7-8-19-24-12/h3-6,12,14-20H,7-10H2,1-2H3. The van der Waals surface area contributed by atoms with Gasteiger partial charge in [0.15, 0.2) is 9.84 Å². The van der Waals surface area contributed by atoms with Crippen LogP contribution in [0, 0.1) is 0 Å². The molecule has 0 amide bonds. The van der Waals surface area contributed by atoms with Crippen molar-refractivity contribution >= 4 is 9.84 Å². The lowest BCUT2D eigenvalue weighted by molar-refractivity contribution is 0.00502. The molecular formula is C16H26N4O4S. The van der Waals surface area contributed by atoms with Gasteiger partial charge in [0.25, 0.3) is 0 Å². The van der Waals surface area contributed by atoms with Crippen molar-refractivity contribution in [1.29, 1.82) is 0 Å². The Balaban J connectivity index is 1.66. The zero-order valence-corrected chi connectivity index (χ0v) is 15.3. The molecule has 4 atom stereocenters. The molecule has 0 radical (unpaired) electrons. The third kappa shape index (κ3) is 4.76. The summed E-state index contributed by atoms with van der Waals surface area (Å²) in [6.45, 7) is 2.35. The van der Waals surface area contributed by atoms with Crippen LogP contribution in [0.5, 0.6) is 0 Å². The summed E-state index contributed by atoms with van der Waals surface area (Å²) in [5.41, 5.74) is 3.85. The first-order valence-electron chi connectivity index (χ1n) is 8.41. The molecule has 2 aliphatic rings. The Morgan fingerprint density at radius 3 is 2.68 bits per heavy atom. The van der Waals surface area contributed by atoms with Gasteiger partial charge in [-0.3, -0.25) is 20.8 Å². The SMILES string of the molecule is COC1NCC(NCC2CCNO2)NC1c1ccc(S(C)(=O)=O)cc1. The third-order valence-electron chi connectivity index (χ3n) is 4.54. The highest BCUT2D eigenvalue weighted by Gasteiger charge is 2.31. The van der Waals surface area contributed by atoms with E-state index in [1.165, 1.54) is 6.26 Å². The molecule has 1 aromatic rings. The van der Waals surface area contributed by atoms with Crippen LogP contribution in [0.4, 0.5) is 0 Å². The Kier molecular flexibility index (Phi) is 6.05. The van der Waals surface area contributed by atoms with Crippen molar-refractivity contribution in [2.75, 3.05) is 33.0 Å². The second-order valence-corrected chi connectivity index (χ2v) is 8.45. The molecule has 0 spiro atoms. The second-order valence-electron chi connectivity index (χ2n) is 6.43. The Morgan fingerprint density at radius 1 is 1.32 bits per heavy atom. The van der Waals surface area contributed by atoms with E-state index in [1.54, 1.807) is 19.2 Å². The van der Waals surface area contributed by atoms with Crippen LogP contribution in [0.25, 0.3) is 0 Å². The number of hydrogen-bond donors (Lipinski definition) is 4. The molecule has 2 aliphatic heterocycles. The fraction of sp³-hybridized carbons (Fsp3) is 0.625. The van der Waals surface area contributed by atoms with Crippen molar-refractivity contribution in [2.24, 2.45) is 0 Å². The van der Waals surface area contributed by atoms with Crippen LogP contribution in [0.15, 0.2) is 29.2 Å². The topological polar surface area (TPSA) is 101 Å². The lowest BCUT2D eigenvalue weighted by Gasteiger charge is -2.38. The number of nitrogens with one attached hydrogen (secondary N) is 4. The maximum Gasteiger partial charge on any atom is 0.175 e. The summed E-state index contributed by atoms with van der Waals surface area (Å²) in [6, 6.07) is 6.83. The Morgan fingerprint density at radius 2 is 2.08 bits per heavy atom. The van der Waals surface area contributed by atoms with Crippen molar-refractivity contribution in [1.82, 2.24) is 21.4 Å². The lowest BCUT2D eigenvalue weighted by atomic mass is 10.0. The van der Waals surface area contributed by atoms with E-state index < -0.39 is 9.84 Å². The van der Waals surface area contributed by atoms with Gasteiger partial charge in [-0.25, -0.2) is 13.9 Å². The maximum atomic E-state index is 11.6. The number of ether oxygens (including phenoxy) is 1. The van der Waals surface area contributed by atoms with Gasteiger partial charge in [-0.15, -0.1) is 0 Å². The highest BCUT2D eigenvalue weighted by Crippen LogP contribution is 2.22. The molecule has 0 aliphatic carbocycles. The van der Waals surface area contributed by atoms with Crippen LogP contribution >= 0.6 is 0 Å². The minimum absolute atomic E-state index is 0.0650. The third-order valence-corrected chi connectivity index (χ3v) is 5.67. The predicted molar refractivity (Wildman–Crippen MR) is 93.5 cm³/mol. The first kappa shape index (κ1) is 18.7. The normalized spacial score (nSPS) is 30.5. The van der Waals surface area contributed by atoms with E-state index in [1.807, 2.05) is 12.1 Å². The van der Waals surface area contributed by atoms with Gasteiger partial charge >= 0.3 is 0 Å². The van der Waals surface area contributed by atoms with E-state index in [0.29, 0.717) is 4.90 Å². The summed E-state index contributed by atoms with van der Waals surface area (Å²) in [6.07, 6.45) is 2.25. The second kappa shape index (κ2) is 8.09. The molecule has 9 heteroatoms. The largest absolute Gasteiger partial charge is 0.365 e. The van der Waals surface area contributed by atoms with Gasteiger partial charge in [0.05, 0.1) is 23.2 Å². The Bertz CT molecular complexity index is 661. The zero-order chi connectivity index (χ0) is 17.9. The summed E-state index contributed by atoms with van der Waals surface area (Å²) < 4.78 is 28.8. The van der Waals surface area contributed by atoms with Crippen LogP contribution in [0.1, 0.15) is 18.0 Å². The Hall–Kier alpha value is -1.07. The van der Waals surface area contributed by atoms with Crippen molar-refractivity contribution in [2.45, 2.75) is 35.9 Å². The summed E-state index contributed by atoms with van der Waals surface area (Å²) >= 11 is 0. The van der Waals surface area contributed by atoms with Crippen LogP contribution in [-0.4, -0.2) is 59.9 Å². The number of methoxy groups -OCH3 is 1. The van der Waals surface area contributed by atoms with Gasteiger partial charge < -0.3 is 4.74 Å². The molecule has 25 heavy (non-hydrogen) atoms. The summed E-state index contributed by atoms with van der Waals surface area (Å²) in [5, 5.41) is 10.3. The summed E-state index contributed by atoms with van der Waals surface area (Å²) in [7, 11) is -1.54. The van der Waals surface area contributed by atoms with Crippen LogP contribution in [0.2, 0.25) is 0 Å². The molecular weight excluding hydrogens is 344 g/mol. The number of hydrogen-bond acceptors (Lipinski definition) is 8. The van der Waals surface area contributed by atoms with Crippen LogP contribution in [-0.2, 0) is 19.4 Å². The molecule has 0 saturated carbocycles. The first-order chi connectivity index (χ1) is 12.0. The highest BCUT2D eigenvalue weighted by molar-refractivity contribution is 7.90. The molecule has 4 N–H and O–H groups in total. The van der Waals surface area contributed by atoms with Crippen molar-refractivity contribution in [3.05, 3.63) is 29.8 Å². The quantitative estimate of drug-likeness (QED) is 0.532. The van der Waals surface area contributed by atoms with Crippen molar-refractivity contribution in [3.63, 3.8) is 0 Å². The van der Waals surface area contributed by atoms with Gasteiger partial charge in [0.2, 0.25) is 0 Å². The van der Waals surface area contributed by atoms with Crippen molar-refractivity contribution < 1.29 is 18.0 Å². The van der Waals surface area contributed by atoms with E-state index in [4.69, 9.17) is 9.57 Å². The molecule has 140 valence electrons. The number of sulfone groups is 1. The number of piperazine rings is 1. The fourth-order valence-electron chi connectivity index (χ4n) is 3.13. The van der Waals surface area contributed by atoms with E-state index in [0.717, 1.165) is 31.6 Å². The van der Waals surface area contributed by atoms with Crippen LogP contribution in [0.3, 0.4) is 0 Å². The average molecular weight is 370 g/mol. The molecule has 8 nitrogen and oxygen atoms in total. The van der Waals surface area contributed by atoms with E-state index in [9.17, 15) is 8.42 Å². The van der Waals surface area contributed by atoms with E-state index in [2.05, 4.69) is 21.4 Å². The van der Waals surface area contributed by atoms with Gasteiger partial charge in [-0.1, -0.05) is 12.1 Å². The zero-order valence-electron chi connectivity index (χ0n) is 14.5. The van der Waals surface area contributed by atoms with Gasteiger partial charge in [-0.2, -0.15) is 0 Å². The predicted octanol–water partition coefficient (Wildman–Crippen LogP) is -0.494. The molecule has 1 aromatic carbocycles. The summed E-state index contributed by atoms with van der Waals surface area (Å²) in [5.74, 6) is 0. The number of rotatable bonds is 6. The minimum Gasteiger partial charge on any atom is -0.365 e. The van der Waals surface area contributed by atoms with E-state index >= 15 is 0 Å².